The molecule has 0 aliphatic rings. The van der Waals surface area contributed by atoms with E-state index in [0.717, 1.165) is 27.7 Å². The summed E-state index contributed by atoms with van der Waals surface area (Å²) >= 11 is 5.91. The largest absolute Gasteiger partial charge is 0.457 e. The zero-order valence-electron chi connectivity index (χ0n) is 15.4. The number of halogens is 1. The molecule has 0 spiro atoms. The number of fused-ring (bicyclic) bond motifs is 1. The van der Waals surface area contributed by atoms with Crippen LogP contribution >= 0.6 is 11.6 Å². The van der Waals surface area contributed by atoms with Gasteiger partial charge in [0.05, 0.1) is 16.8 Å². The minimum Gasteiger partial charge on any atom is -0.457 e. The average Bonchev–Trinajstić information content (AvgIpc) is 2.73. The summed E-state index contributed by atoms with van der Waals surface area (Å²) in [6.07, 6.45) is 0. The van der Waals surface area contributed by atoms with Crippen LogP contribution in [0.2, 0.25) is 5.02 Å². The molecule has 4 rings (SSSR count). The minimum atomic E-state index is -0.373. The van der Waals surface area contributed by atoms with Crippen LogP contribution in [-0.2, 0) is 11.3 Å². The minimum absolute atomic E-state index is 0.187. The molecule has 0 bridgehead atoms. The number of aryl methyl sites for hydroxylation is 1. The third kappa shape index (κ3) is 3.90. The van der Waals surface area contributed by atoms with Gasteiger partial charge in [0.15, 0.2) is 0 Å². The highest BCUT2D eigenvalue weighted by Crippen LogP contribution is 2.26. The topological polar surface area (TPSA) is 39.2 Å². The van der Waals surface area contributed by atoms with Crippen molar-refractivity contribution in [2.75, 3.05) is 0 Å². The van der Waals surface area contributed by atoms with E-state index in [4.69, 9.17) is 21.3 Å². The Balaban J connectivity index is 1.69. The number of para-hydroxylation sites is 1. The molecule has 1 aromatic heterocycles. The third-order valence-electron chi connectivity index (χ3n) is 4.57. The molecule has 4 heteroatoms. The van der Waals surface area contributed by atoms with Gasteiger partial charge in [0, 0.05) is 16.0 Å². The smallest absolute Gasteiger partial charge is 0.339 e. The van der Waals surface area contributed by atoms with Crippen LogP contribution in [0, 0.1) is 6.92 Å². The van der Waals surface area contributed by atoms with Crippen LogP contribution in [0.5, 0.6) is 0 Å². The van der Waals surface area contributed by atoms with E-state index < -0.39 is 0 Å². The first-order valence-electron chi connectivity index (χ1n) is 8.98. The number of benzene rings is 3. The van der Waals surface area contributed by atoms with Gasteiger partial charge in [0.1, 0.15) is 6.61 Å². The van der Waals surface area contributed by atoms with Gasteiger partial charge in [0.2, 0.25) is 0 Å². The standard InChI is InChI=1S/C24H18ClNO2/c1-16-6-10-18(11-7-16)23-14-21(20-4-2-3-5-22(20)26-23)24(27)28-15-17-8-12-19(25)13-9-17/h2-14H,15H2,1H3. The van der Waals surface area contributed by atoms with Crippen LogP contribution in [0.1, 0.15) is 21.5 Å². The Hall–Kier alpha value is -3.17. The number of carbonyl (C=O) groups is 1. The summed E-state index contributed by atoms with van der Waals surface area (Å²) in [4.78, 5) is 17.6. The van der Waals surface area contributed by atoms with Gasteiger partial charge >= 0.3 is 5.97 Å². The number of carbonyl (C=O) groups excluding carboxylic acids is 1. The fourth-order valence-corrected chi connectivity index (χ4v) is 3.15. The summed E-state index contributed by atoms with van der Waals surface area (Å²) in [6, 6.07) is 24.7. The Morgan fingerprint density at radius 2 is 1.68 bits per heavy atom. The molecule has 0 amide bonds. The van der Waals surface area contributed by atoms with Crippen LogP contribution in [0.4, 0.5) is 0 Å². The summed E-state index contributed by atoms with van der Waals surface area (Å²) in [5.74, 6) is -0.373. The fourth-order valence-electron chi connectivity index (χ4n) is 3.02. The average molecular weight is 388 g/mol. The van der Waals surface area contributed by atoms with Crippen LogP contribution in [0.15, 0.2) is 78.9 Å². The van der Waals surface area contributed by atoms with Crippen LogP contribution in [-0.4, -0.2) is 11.0 Å². The Morgan fingerprint density at radius 3 is 2.43 bits per heavy atom. The highest BCUT2D eigenvalue weighted by Gasteiger charge is 2.15. The van der Waals surface area contributed by atoms with Gasteiger partial charge in [-0.15, -0.1) is 0 Å². The number of aromatic nitrogens is 1. The molecule has 0 fully saturated rings. The lowest BCUT2D eigenvalue weighted by Gasteiger charge is -2.10. The first-order chi connectivity index (χ1) is 13.6. The van der Waals surface area contributed by atoms with E-state index in [2.05, 4.69) is 0 Å². The Morgan fingerprint density at radius 1 is 0.964 bits per heavy atom. The molecule has 0 saturated carbocycles. The van der Waals surface area contributed by atoms with E-state index >= 15 is 0 Å². The maximum absolute atomic E-state index is 12.9. The molecule has 0 N–H and O–H groups in total. The second kappa shape index (κ2) is 7.83. The molecule has 28 heavy (non-hydrogen) atoms. The van der Waals surface area contributed by atoms with Crippen molar-refractivity contribution in [1.82, 2.24) is 4.98 Å². The first kappa shape index (κ1) is 18.2. The van der Waals surface area contributed by atoms with Crippen molar-refractivity contribution in [2.45, 2.75) is 13.5 Å². The van der Waals surface area contributed by atoms with Crippen molar-refractivity contribution >= 4 is 28.5 Å². The Kier molecular flexibility index (Phi) is 5.09. The molecule has 138 valence electrons. The summed E-state index contributed by atoms with van der Waals surface area (Å²) in [5.41, 5.74) is 5.04. The molecular formula is C24H18ClNO2. The molecule has 1 heterocycles. The quantitative estimate of drug-likeness (QED) is 0.390. The van der Waals surface area contributed by atoms with Gasteiger partial charge in [-0.3, -0.25) is 0 Å². The van der Waals surface area contributed by atoms with E-state index in [1.165, 1.54) is 5.56 Å². The van der Waals surface area contributed by atoms with Gasteiger partial charge in [-0.25, -0.2) is 9.78 Å². The molecule has 0 aliphatic carbocycles. The molecular weight excluding hydrogens is 370 g/mol. The van der Waals surface area contributed by atoms with Gasteiger partial charge in [-0.05, 0) is 36.8 Å². The molecule has 4 aromatic rings. The summed E-state index contributed by atoms with van der Waals surface area (Å²) in [6.45, 7) is 2.23. The van der Waals surface area contributed by atoms with Crippen LogP contribution in [0.25, 0.3) is 22.2 Å². The lowest BCUT2D eigenvalue weighted by Crippen LogP contribution is -2.07. The summed E-state index contributed by atoms with van der Waals surface area (Å²) < 4.78 is 5.56. The molecule has 0 atom stereocenters. The van der Waals surface area contributed by atoms with Gasteiger partial charge in [-0.2, -0.15) is 0 Å². The molecule has 0 aliphatic heterocycles. The SMILES string of the molecule is Cc1ccc(-c2cc(C(=O)OCc3ccc(Cl)cc3)c3ccccc3n2)cc1. The Labute approximate surface area is 168 Å². The monoisotopic (exact) mass is 387 g/mol. The van der Waals surface area contributed by atoms with Gasteiger partial charge < -0.3 is 4.74 Å². The molecule has 0 unspecified atom stereocenters. The van der Waals surface area contributed by atoms with E-state index in [9.17, 15) is 4.79 Å². The van der Waals surface area contributed by atoms with Gasteiger partial charge in [0.25, 0.3) is 0 Å². The maximum atomic E-state index is 12.9. The number of esters is 1. The fraction of sp³-hybridized carbons (Fsp3) is 0.0833. The van der Waals surface area contributed by atoms with Crippen LogP contribution in [0.3, 0.4) is 0 Å². The van der Waals surface area contributed by atoms with Crippen LogP contribution < -0.4 is 0 Å². The number of nitrogens with zero attached hydrogens (tertiary/aromatic N) is 1. The van der Waals surface area contributed by atoms with Gasteiger partial charge in [-0.1, -0.05) is 71.8 Å². The predicted octanol–water partition coefficient (Wildman–Crippen LogP) is 6.22. The lowest BCUT2D eigenvalue weighted by molar-refractivity contribution is 0.0475. The first-order valence-corrected chi connectivity index (χ1v) is 9.36. The van der Waals surface area contributed by atoms with Crippen molar-refractivity contribution in [3.8, 4) is 11.3 Å². The van der Waals surface area contributed by atoms with E-state index in [1.807, 2.05) is 67.6 Å². The zero-order chi connectivity index (χ0) is 19.5. The van der Waals surface area contributed by atoms with E-state index in [1.54, 1.807) is 18.2 Å². The second-order valence-electron chi connectivity index (χ2n) is 6.64. The van der Waals surface area contributed by atoms with Crippen molar-refractivity contribution < 1.29 is 9.53 Å². The van der Waals surface area contributed by atoms with Crippen molar-refractivity contribution in [3.63, 3.8) is 0 Å². The summed E-state index contributed by atoms with van der Waals surface area (Å²) in [5, 5.41) is 1.43. The Bertz CT molecular complexity index is 1140. The molecule has 3 nitrogen and oxygen atoms in total. The molecule has 3 aromatic carbocycles. The maximum Gasteiger partial charge on any atom is 0.339 e. The highest BCUT2D eigenvalue weighted by atomic mass is 35.5. The molecule has 0 saturated heterocycles. The van der Waals surface area contributed by atoms with Crippen molar-refractivity contribution in [3.05, 3.63) is 101 Å². The number of hydrogen-bond donors (Lipinski definition) is 0. The predicted molar refractivity (Wildman–Crippen MR) is 112 cm³/mol. The highest BCUT2D eigenvalue weighted by molar-refractivity contribution is 6.30. The lowest BCUT2D eigenvalue weighted by atomic mass is 10.0. The molecule has 0 radical (unpaired) electrons. The normalized spacial score (nSPS) is 10.8. The number of ether oxygens (including phenoxy) is 1. The number of rotatable bonds is 4. The number of pyridine rings is 1. The van der Waals surface area contributed by atoms with Crippen molar-refractivity contribution in [1.29, 1.82) is 0 Å². The van der Waals surface area contributed by atoms with E-state index in [-0.39, 0.29) is 12.6 Å². The number of hydrogen-bond acceptors (Lipinski definition) is 3. The summed E-state index contributed by atoms with van der Waals surface area (Å²) in [7, 11) is 0. The van der Waals surface area contributed by atoms with Crippen molar-refractivity contribution in [2.24, 2.45) is 0 Å². The van der Waals surface area contributed by atoms with E-state index in [0.29, 0.717) is 10.6 Å². The zero-order valence-corrected chi connectivity index (χ0v) is 16.1. The second-order valence-corrected chi connectivity index (χ2v) is 7.08. The third-order valence-corrected chi connectivity index (χ3v) is 4.82.